The van der Waals surface area contributed by atoms with Crippen molar-refractivity contribution in [1.29, 1.82) is 0 Å². The highest BCUT2D eigenvalue weighted by molar-refractivity contribution is 6.39. The first-order chi connectivity index (χ1) is 24.3. The Kier molecular flexibility index (Phi) is 8.45. The van der Waals surface area contributed by atoms with Crippen LogP contribution < -0.4 is 19.7 Å². The maximum Gasteiger partial charge on any atom is 0.335 e. The topological polar surface area (TPSA) is 105 Å². The molecule has 0 radical (unpaired) electrons. The van der Waals surface area contributed by atoms with Crippen LogP contribution in [0.15, 0.2) is 72.3 Å². The molecule has 9 rings (SSSR count). The zero-order chi connectivity index (χ0) is 34.4. The minimum Gasteiger partial charge on any atom is -0.493 e. The SMILES string of the molecule is COc1cc(/C=C2\C(=O)NC(=O)N(c3ccc(C45CC6CC(CC(C6)C4)C5)cc3)C2=O)ccc1OCc1ccc(C(=O)N2CCCCC2)cc1. The van der Waals surface area contributed by atoms with Gasteiger partial charge in [0.1, 0.15) is 12.2 Å². The van der Waals surface area contributed by atoms with E-state index in [2.05, 4.69) is 17.4 Å². The Morgan fingerprint density at radius 2 is 1.50 bits per heavy atom. The number of anilines is 1. The molecule has 0 unspecified atom stereocenters. The molecule has 0 spiro atoms. The van der Waals surface area contributed by atoms with Crippen LogP contribution in [0.25, 0.3) is 6.08 Å². The average molecular weight is 674 g/mol. The number of piperidine rings is 1. The lowest BCUT2D eigenvalue weighted by Gasteiger charge is -2.57. The van der Waals surface area contributed by atoms with E-state index >= 15 is 0 Å². The number of benzene rings is 3. The van der Waals surface area contributed by atoms with E-state index in [9.17, 15) is 19.2 Å². The third kappa shape index (κ3) is 6.07. The fraction of sp³-hybridized carbons (Fsp3) is 0.415. The number of imide groups is 2. The van der Waals surface area contributed by atoms with E-state index < -0.39 is 17.8 Å². The number of likely N-dealkylation sites (tertiary alicyclic amines) is 1. The lowest BCUT2D eigenvalue weighted by Crippen LogP contribution is -2.54. The molecule has 0 atom stereocenters. The normalized spacial score (nSPS) is 26.7. The van der Waals surface area contributed by atoms with Crippen LogP contribution in [0.3, 0.4) is 0 Å². The van der Waals surface area contributed by atoms with Crippen molar-refractivity contribution in [2.45, 2.75) is 69.8 Å². The molecule has 258 valence electrons. The minimum atomic E-state index is -0.759. The fourth-order valence-electron chi connectivity index (χ4n) is 9.56. The molecule has 9 heteroatoms. The van der Waals surface area contributed by atoms with Crippen LogP contribution in [-0.4, -0.2) is 48.9 Å². The largest absolute Gasteiger partial charge is 0.493 e. The molecular weight excluding hydrogens is 630 g/mol. The average Bonchev–Trinajstić information content (AvgIpc) is 3.12. The number of urea groups is 1. The standard InChI is InChI=1S/C41H43N3O6/c1-49-36-21-27(7-14-35(36)50-25-26-5-8-31(9-6-26)38(46)43-15-3-2-4-16-43)20-34-37(45)42-40(48)44(39(34)47)33-12-10-32(11-13-33)41-22-28-17-29(23-41)19-30(18-28)24-41/h5-14,20-21,28-30H,2-4,15-19,22-25H2,1H3,(H,42,45,48)/b34-20+. The molecule has 9 nitrogen and oxygen atoms in total. The van der Waals surface area contributed by atoms with Gasteiger partial charge in [-0.2, -0.15) is 0 Å². The molecule has 3 aromatic rings. The molecule has 4 bridgehead atoms. The highest BCUT2D eigenvalue weighted by Crippen LogP contribution is 2.60. The van der Waals surface area contributed by atoms with E-state index in [1.54, 1.807) is 18.2 Å². The number of methoxy groups -OCH3 is 1. The summed E-state index contributed by atoms with van der Waals surface area (Å²) in [7, 11) is 1.52. The van der Waals surface area contributed by atoms with Crippen molar-refractivity contribution in [3.63, 3.8) is 0 Å². The van der Waals surface area contributed by atoms with E-state index in [0.717, 1.165) is 54.1 Å². The van der Waals surface area contributed by atoms with Gasteiger partial charge in [-0.1, -0.05) is 30.3 Å². The first kappa shape index (κ1) is 32.3. The summed E-state index contributed by atoms with van der Waals surface area (Å²) in [5.74, 6) is 1.98. The molecule has 2 aliphatic heterocycles. The Morgan fingerprint density at radius 3 is 2.14 bits per heavy atom. The summed E-state index contributed by atoms with van der Waals surface area (Å²) < 4.78 is 11.6. The number of carbonyl (C=O) groups is 4. The van der Waals surface area contributed by atoms with E-state index in [1.165, 1.54) is 63.7 Å². The van der Waals surface area contributed by atoms with Crippen molar-refractivity contribution in [2.24, 2.45) is 17.8 Å². The Balaban J connectivity index is 0.953. The zero-order valence-corrected chi connectivity index (χ0v) is 28.5. The maximum absolute atomic E-state index is 13.7. The summed E-state index contributed by atoms with van der Waals surface area (Å²) in [6, 6.07) is 19.7. The monoisotopic (exact) mass is 673 g/mol. The molecule has 5 amide bonds. The predicted molar refractivity (Wildman–Crippen MR) is 189 cm³/mol. The number of amides is 5. The quantitative estimate of drug-likeness (QED) is 0.203. The van der Waals surface area contributed by atoms with Gasteiger partial charge in [0.15, 0.2) is 11.5 Å². The molecule has 0 aromatic heterocycles. The van der Waals surface area contributed by atoms with Gasteiger partial charge < -0.3 is 14.4 Å². The summed E-state index contributed by atoms with van der Waals surface area (Å²) in [5.41, 5.74) is 3.89. The number of hydrogen-bond donors (Lipinski definition) is 1. The summed E-state index contributed by atoms with van der Waals surface area (Å²) in [5, 5.41) is 2.34. The van der Waals surface area contributed by atoms with Crippen LogP contribution in [0.2, 0.25) is 0 Å². The van der Waals surface area contributed by atoms with Gasteiger partial charge in [0.05, 0.1) is 12.8 Å². The van der Waals surface area contributed by atoms with E-state index in [1.807, 2.05) is 41.3 Å². The van der Waals surface area contributed by atoms with E-state index in [4.69, 9.17) is 9.47 Å². The van der Waals surface area contributed by atoms with Crippen LogP contribution in [-0.2, 0) is 21.6 Å². The van der Waals surface area contributed by atoms with Crippen LogP contribution in [0.4, 0.5) is 10.5 Å². The summed E-state index contributed by atoms with van der Waals surface area (Å²) in [6.45, 7) is 1.87. The smallest absolute Gasteiger partial charge is 0.335 e. The second kappa shape index (κ2) is 13.1. The Hall–Kier alpha value is -4.92. The highest BCUT2D eigenvalue weighted by Gasteiger charge is 2.51. The van der Waals surface area contributed by atoms with Crippen molar-refractivity contribution in [3.05, 3.63) is 94.6 Å². The molecule has 50 heavy (non-hydrogen) atoms. The molecule has 6 fully saturated rings. The highest BCUT2D eigenvalue weighted by atomic mass is 16.5. The molecule has 2 saturated heterocycles. The molecule has 1 N–H and O–H groups in total. The van der Waals surface area contributed by atoms with Crippen molar-refractivity contribution in [1.82, 2.24) is 10.2 Å². The van der Waals surface area contributed by atoms with Crippen molar-refractivity contribution in [3.8, 4) is 11.5 Å². The lowest BCUT2D eigenvalue weighted by atomic mass is 9.48. The number of carbonyl (C=O) groups excluding carboxylic acids is 4. The number of barbiturate groups is 1. The third-order valence-corrected chi connectivity index (χ3v) is 11.6. The van der Waals surface area contributed by atoms with Crippen molar-refractivity contribution in [2.75, 3.05) is 25.1 Å². The van der Waals surface area contributed by atoms with Crippen LogP contribution in [0.5, 0.6) is 11.5 Å². The summed E-state index contributed by atoms with van der Waals surface area (Å²) in [4.78, 5) is 55.3. The number of nitrogens with zero attached hydrogens (tertiary/aromatic N) is 2. The fourth-order valence-corrected chi connectivity index (χ4v) is 9.56. The number of hydrogen-bond acceptors (Lipinski definition) is 6. The van der Waals surface area contributed by atoms with Gasteiger partial charge >= 0.3 is 6.03 Å². The number of ether oxygens (including phenoxy) is 2. The molecule has 2 heterocycles. The first-order valence-electron chi connectivity index (χ1n) is 18.0. The lowest BCUT2D eigenvalue weighted by molar-refractivity contribution is -0.122. The van der Waals surface area contributed by atoms with E-state index in [-0.39, 0.29) is 23.5 Å². The molecule has 6 aliphatic rings. The van der Waals surface area contributed by atoms with Crippen molar-refractivity contribution < 1.29 is 28.7 Å². The van der Waals surface area contributed by atoms with E-state index in [0.29, 0.717) is 28.3 Å². The Morgan fingerprint density at radius 1 is 0.840 bits per heavy atom. The van der Waals surface area contributed by atoms with Gasteiger partial charge in [0.2, 0.25) is 0 Å². The first-order valence-corrected chi connectivity index (χ1v) is 18.0. The van der Waals surface area contributed by atoms with Gasteiger partial charge in [-0.3, -0.25) is 19.7 Å². The number of rotatable bonds is 8. The Labute approximate surface area is 292 Å². The Bertz CT molecular complexity index is 1820. The van der Waals surface area contributed by atoms with Crippen LogP contribution in [0, 0.1) is 17.8 Å². The summed E-state index contributed by atoms with van der Waals surface area (Å²) in [6.07, 6.45) is 12.5. The van der Waals surface area contributed by atoms with Gasteiger partial charge in [0, 0.05) is 18.7 Å². The van der Waals surface area contributed by atoms with Crippen LogP contribution >= 0.6 is 0 Å². The predicted octanol–water partition coefficient (Wildman–Crippen LogP) is 7.03. The molecule has 3 aromatic carbocycles. The van der Waals surface area contributed by atoms with Gasteiger partial charge in [-0.25, -0.2) is 9.69 Å². The molecule has 4 saturated carbocycles. The molecular formula is C41H43N3O6. The van der Waals surface area contributed by atoms with Crippen molar-refractivity contribution >= 4 is 35.5 Å². The van der Waals surface area contributed by atoms with Gasteiger partial charge in [-0.05, 0) is 140 Å². The summed E-state index contributed by atoms with van der Waals surface area (Å²) >= 11 is 0. The zero-order valence-electron chi connectivity index (χ0n) is 28.5. The van der Waals surface area contributed by atoms with Crippen LogP contribution in [0.1, 0.15) is 84.8 Å². The number of nitrogens with one attached hydrogen (secondary N) is 1. The minimum absolute atomic E-state index is 0.0616. The van der Waals surface area contributed by atoms with Gasteiger partial charge in [-0.15, -0.1) is 0 Å². The maximum atomic E-state index is 13.7. The molecule has 4 aliphatic carbocycles. The van der Waals surface area contributed by atoms with Gasteiger partial charge in [0.25, 0.3) is 17.7 Å². The second-order valence-electron chi connectivity index (χ2n) is 15.0. The second-order valence-corrected chi connectivity index (χ2v) is 15.0. The third-order valence-electron chi connectivity index (χ3n) is 11.6.